The lowest BCUT2D eigenvalue weighted by Gasteiger charge is -2.28. The number of furan rings is 1. The number of amides is 2. The zero-order chi connectivity index (χ0) is 19.4. The highest BCUT2D eigenvalue weighted by Gasteiger charge is 2.34. The summed E-state index contributed by atoms with van der Waals surface area (Å²) in [5, 5.41) is 4.56. The van der Waals surface area contributed by atoms with Crippen LogP contribution in [0.2, 0.25) is 0 Å². The first-order valence-corrected chi connectivity index (χ1v) is 10.1. The highest BCUT2D eigenvalue weighted by atomic mass is 32.1. The van der Waals surface area contributed by atoms with Crippen LogP contribution < -0.4 is 5.32 Å². The fourth-order valence-corrected chi connectivity index (χ4v) is 4.19. The third-order valence-electron chi connectivity index (χ3n) is 4.86. The largest absolute Gasteiger partial charge is 0.450 e. The molecule has 1 aliphatic heterocycles. The van der Waals surface area contributed by atoms with Gasteiger partial charge < -0.3 is 19.4 Å². The Kier molecular flexibility index (Phi) is 6.34. The SMILES string of the molecule is CNC(=O)CN(CC1CCOC1C(C)C)C(=O)c1ccc(-c2cccs2)o1. The molecule has 2 unspecified atom stereocenters. The van der Waals surface area contributed by atoms with Gasteiger partial charge in [0, 0.05) is 26.1 Å². The molecule has 2 atom stereocenters. The molecular weight excluding hydrogens is 364 g/mol. The van der Waals surface area contributed by atoms with Gasteiger partial charge in [0.2, 0.25) is 5.91 Å². The minimum atomic E-state index is -0.268. The van der Waals surface area contributed by atoms with E-state index in [1.165, 1.54) is 0 Å². The molecule has 0 bridgehead atoms. The third kappa shape index (κ3) is 4.59. The van der Waals surface area contributed by atoms with Gasteiger partial charge in [0.25, 0.3) is 5.91 Å². The van der Waals surface area contributed by atoms with Crippen LogP contribution in [0.15, 0.2) is 34.1 Å². The highest BCUT2D eigenvalue weighted by molar-refractivity contribution is 7.13. The Balaban J connectivity index is 1.77. The van der Waals surface area contributed by atoms with Gasteiger partial charge in [-0.05, 0) is 35.9 Å². The van der Waals surface area contributed by atoms with Crippen LogP contribution in [0, 0.1) is 11.8 Å². The van der Waals surface area contributed by atoms with Crippen LogP contribution >= 0.6 is 11.3 Å². The quantitative estimate of drug-likeness (QED) is 0.788. The Morgan fingerprint density at radius 1 is 1.33 bits per heavy atom. The standard InChI is InChI=1S/C20H26N2O4S/c1-13(2)19-14(8-9-25-19)11-22(12-18(23)21-3)20(24)16-7-6-15(26-16)17-5-4-10-27-17/h4-7,10,13-14,19H,8-9,11-12H2,1-3H3,(H,21,23). The first kappa shape index (κ1) is 19.6. The second-order valence-electron chi connectivity index (χ2n) is 7.13. The van der Waals surface area contributed by atoms with E-state index in [9.17, 15) is 9.59 Å². The monoisotopic (exact) mass is 390 g/mol. The van der Waals surface area contributed by atoms with E-state index >= 15 is 0 Å². The summed E-state index contributed by atoms with van der Waals surface area (Å²) in [4.78, 5) is 27.6. The number of nitrogens with zero attached hydrogens (tertiary/aromatic N) is 1. The van der Waals surface area contributed by atoms with Gasteiger partial charge in [0.15, 0.2) is 5.76 Å². The van der Waals surface area contributed by atoms with E-state index in [4.69, 9.17) is 9.15 Å². The van der Waals surface area contributed by atoms with Gasteiger partial charge in [0.1, 0.15) is 5.76 Å². The van der Waals surface area contributed by atoms with Crippen LogP contribution in [-0.2, 0) is 9.53 Å². The molecule has 0 spiro atoms. The molecule has 1 aliphatic rings. The molecule has 2 aromatic heterocycles. The molecule has 0 aromatic carbocycles. The Labute approximate surface area is 163 Å². The van der Waals surface area contributed by atoms with Gasteiger partial charge in [-0.15, -0.1) is 11.3 Å². The molecule has 0 aliphatic carbocycles. The molecule has 7 heteroatoms. The minimum absolute atomic E-state index is 0.00564. The van der Waals surface area contributed by atoms with Gasteiger partial charge in [0.05, 0.1) is 17.5 Å². The number of likely N-dealkylation sites (N-methyl/N-ethyl adjacent to an activating group) is 1. The maximum atomic E-state index is 13.1. The molecule has 2 aromatic rings. The van der Waals surface area contributed by atoms with Crippen molar-refractivity contribution in [1.82, 2.24) is 10.2 Å². The number of rotatable bonds is 7. The van der Waals surface area contributed by atoms with E-state index in [2.05, 4.69) is 19.2 Å². The van der Waals surface area contributed by atoms with E-state index in [0.717, 1.165) is 11.3 Å². The number of thiophene rings is 1. The number of hydrogen-bond donors (Lipinski definition) is 1. The van der Waals surface area contributed by atoms with Gasteiger partial charge in [-0.1, -0.05) is 19.9 Å². The molecule has 0 radical (unpaired) electrons. The first-order chi connectivity index (χ1) is 13.0. The van der Waals surface area contributed by atoms with Crippen molar-refractivity contribution >= 4 is 23.2 Å². The molecule has 3 heterocycles. The zero-order valence-corrected chi connectivity index (χ0v) is 16.8. The Bertz CT molecular complexity index is 769. The second-order valence-corrected chi connectivity index (χ2v) is 8.08. The summed E-state index contributed by atoms with van der Waals surface area (Å²) >= 11 is 1.55. The molecule has 0 saturated carbocycles. The van der Waals surface area contributed by atoms with Crippen LogP contribution in [0.4, 0.5) is 0 Å². The Morgan fingerprint density at radius 3 is 2.81 bits per heavy atom. The highest BCUT2D eigenvalue weighted by Crippen LogP contribution is 2.29. The zero-order valence-electron chi connectivity index (χ0n) is 15.9. The normalized spacial score (nSPS) is 19.4. The van der Waals surface area contributed by atoms with Crippen molar-refractivity contribution in [3.8, 4) is 10.6 Å². The topological polar surface area (TPSA) is 71.8 Å². The molecule has 1 fully saturated rings. The van der Waals surface area contributed by atoms with Crippen molar-refractivity contribution in [2.24, 2.45) is 11.8 Å². The number of ether oxygens (including phenoxy) is 1. The lowest BCUT2D eigenvalue weighted by Crippen LogP contribution is -2.44. The summed E-state index contributed by atoms with van der Waals surface area (Å²) in [7, 11) is 1.57. The van der Waals surface area contributed by atoms with Crippen molar-refractivity contribution < 1.29 is 18.7 Å². The number of hydrogen-bond acceptors (Lipinski definition) is 5. The lowest BCUT2D eigenvalue weighted by atomic mass is 9.92. The van der Waals surface area contributed by atoms with Crippen LogP contribution in [0.1, 0.15) is 30.8 Å². The van der Waals surface area contributed by atoms with Crippen molar-refractivity contribution in [2.45, 2.75) is 26.4 Å². The van der Waals surface area contributed by atoms with Crippen molar-refractivity contribution in [3.05, 3.63) is 35.4 Å². The molecule has 1 saturated heterocycles. The van der Waals surface area contributed by atoms with Crippen LogP contribution in [0.5, 0.6) is 0 Å². The maximum Gasteiger partial charge on any atom is 0.290 e. The summed E-state index contributed by atoms with van der Waals surface area (Å²) in [5.41, 5.74) is 0. The van der Waals surface area contributed by atoms with E-state index < -0.39 is 0 Å². The van der Waals surface area contributed by atoms with E-state index in [0.29, 0.717) is 24.8 Å². The van der Waals surface area contributed by atoms with Gasteiger partial charge in [-0.25, -0.2) is 0 Å². The van der Waals surface area contributed by atoms with Gasteiger partial charge in [-0.3, -0.25) is 9.59 Å². The van der Waals surface area contributed by atoms with Gasteiger partial charge >= 0.3 is 0 Å². The van der Waals surface area contributed by atoms with Crippen molar-refractivity contribution in [2.75, 3.05) is 26.7 Å². The maximum absolute atomic E-state index is 13.1. The van der Waals surface area contributed by atoms with Crippen LogP contribution in [0.3, 0.4) is 0 Å². The molecule has 27 heavy (non-hydrogen) atoms. The number of carbonyl (C=O) groups is 2. The van der Waals surface area contributed by atoms with Crippen LogP contribution in [-0.4, -0.2) is 49.6 Å². The fourth-order valence-electron chi connectivity index (χ4n) is 3.50. The predicted octanol–water partition coefficient (Wildman–Crippen LogP) is 3.26. The predicted molar refractivity (Wildman–Crippen MR) is 105 cm³/mol. The molecule has 146 valence electrons. The molecule has 1 N–H and O–H groups in total. The molecular formula is C20H26N2O4S. The fraction of sp³-hybridized carbons (Fsp3) is 0.500. The Morgan fingerprint density at radius 2 is 2.15 bits per heavy atom. The Hall–Kier alpha value is -2.12. The lowest BCUT2D eigenvalue weighted by molar-refractivity contribution is -0.121. The summed E-state index contributed by atoms with van der Waals surface area (Å²) in [6.07, 6.45) is 0.988. The van der Waals surface area contributed by atoms with Gasteiger partial charge in [-0.2, -0.15) is 0 Å². The summed E-state index contributed by atoms with van der Waals surface area (Å²) in [6.45, 7) is 5.41. The van der Waals surface area contributed by atoms with Crippen molar-refractivity contribution in [1.29, 1.82) is 0 Å². The number of carbonyl (C=O) groups excluding carboxylic acids is 2. The number of nitrogens with one attached hydrogen (secondary N) is 1. The van der Waals surface area contributed by atoms with E-state index in [1.807, 2.05) is 17.5 Å². The molecule has 2 amide bonds. The summed E-state index contributed by atoms with van der Waals surface area (Å²) in [5.74, 6) is 1.03. The average molecular weight is 391 g/mol. The van der Waals surface area contributed by atoms with E-state index in [1.54, 1.807) is 35.4 Å². The summed E-state index contributed by atoms with van der Waals surface area (Å²) < 4.78 is 11.6. The summed E-state index contributed by atoms with van der Waals surface area (Å²) in [6, 6.07) is 7.36. The van der Waals surface area contributed by atoms with Crippen molar-refractivity contribution in [3.63, 3.8) is 0 Å². The first-order valence-electron chi connectivity index (χ1n) is 9.24. The average Bonchev–Trinajstić information content (AvgIpc) is 3.40. The third-order valence-corrected chi connectivity index (χ3v) is 5.74. The smallest absolute Gasteiger partial charge is 0.290 e. The molecule has 3 rings (SSSR count). The molecule has 6 nitrogen and oxygen atoms in total. The second kappa shape index (κ2) is 8.71. The van der Waals surface area contributed by atoms with E-state index in [-0.39, 0.29) is 36.1 Å². The minimum Gasteiger partial charge on any atom is -0.450 e. The van der Waals surface area contributed by atoms with Crippen LogP contribution in [0.25, 0.3) is 10.6 Å².